The summed E-state index contributed by atoms with van der Waals surface area (Å²) in [6, 6.07) is 0. The average Bonchev–Trinajstić information content (AvgIpc) is 2.40. The Balaban J connectivity index is 4.27. The fourth-order valence-corrected chi connectivity index (χ4v) is 1.06. The third kappa shape index (κ3) is 5.23. The van der Waals surface area contributed by atoms with Crippen molar-refractivity contribution in [2.24, 2.45) is 0 Å². The molecule has 0 aromatic carbocycles. The van der Waals surface area contributed by atoms with E-state index in [4.69, 9.17) is 20.4 Å². The van der Waals surface area contributed by atoms with Gasteiger partial charge in [-0.2, -0.15) is 0 Å². The van der Waals surface area contributed by atoms with Crippen molar-refractivity contribution in [3.8, 4) is 0 Å². The van der Waals surface area contributed by atoms with E-state index >= 15 is 0 Å². The van der Waals surface area contributed by atoms with Crippen LogP contribution in [0.25, 0.3) is 0 Å². The van der Waals surface area contributed by atoms with Crippen LogP contribution >= 0.6 is 0 Å². The summed E-state index contributed by atoms with van der Waals surface area (Å²) in [7, 11) is 0. The first kappa shape index (κ1) is 17.2. The lowest BCUT2D eigenvalue weighted by molar-refractivity contribution is -0.149. The molecule has 0 aromatic heterocycles. The lowest BCUT2D eigenvalue weighted by atomic mass is 10.0. The molecule has 0 aliphatic carbocycles. The Labute approximate surface area is 103 Å². The fraction of sp³-hybridized carbons (Fsp3) is 0.889. The maximum Gasteiger partial charge on any atom is 0.251 e. The Hall–Kier alpha value is -0.810. The van der Waals surface area contributed by atoms with Gasteiger partial charge >= 0.3 is 0 Å². The maximum absolute atomic E-state index is 11.3. The summed E-state index contributed by atoms with van der Waals surface area (Å²) in [5.74, 6) is -1.10. The summed E-state index contributed by atoms with van der Waals surface area (Å²) in [5.41, 5.74) is 0. The van der Waals surface area contributed by atoms with E-state index in [0.29, 0.717) is 0 Å². The van der Waals surface area contributed by atoms with Gasteiger partial charge in [0.1, 0.15) is 18.3 Å². The standard InChI is InChI=1S/C9H19NO8/c11-2-4(13)1-10-9(18)8(17)7(16)6(15)5(14)3-12/h4-8,11-17H,1-3H2,(H,10,18). The van der Waals surface area contributed by atoms with E-state index in [-0.39, 0.29) is 6.54 Å². The first-order valence-electron chi connectivity index (χ1n) is 5.24. The number of nitrogens with one attached hydrogen (secondary N) is 1. The zero-order valence-electron chi connectivity index (χ0n) is 9.55. The van der Waals surface area contributed by atoms with Crippen molar-refractivity contribution in [2.45, 2.75) is 30.5 Å². The predicted octanol–water partition coefficient (Wildman–Crippen LogP) is -5.11. The monoisotopic (exact) mass is 269 g/mol. The van der Waals surface area contributed by atoms with E-state index in [0.717, 1.165) is 0 Å². The molecule has 0 radical (unpaired) electrons. The van der Waals surface area contributed by atoms with Crippen LogP contribution in [0.15, 0.2) is 0 Å². The lowest BCUT2D eigenvalue weighted by Crippen LogP contribution is -2.52. The minimum absolute atomic E-state index is 0.349. The van der Waals surface area contributed by atoms with Gasteiger partial charge in [0.05, 0.1) is 19.3 Å². The van der Waals surface area contributed by atoms with Crippen molar-refractivity contribution in [1.29, 1.82) is 0 Å². The Morgan fingerprint density at radius 3 is 1.94 bits per heavy atom. The van der Waals surface area contributed by atoms with Gasteiger partial charge in [0, 0.05) is 6.54 Å². The molecular formula is C9H19NO8. The first-order chi connectivity index (χ1) is 8.34. The molecule has 0 bridgehead atoms. The van der Waals surface area contributed by atoms with Gasteiger partial charge in [0.15, 0.2) is 6.10 Å². The molecule has 18 heavy (non-hydrogen) atoms. The smallest absolute Gasteiger partial charge is 0.251 e. The highest BCUT2D eigenvalue weighted by Crippen LogP contribution is 2.05. The van der Waals surface area contributed by atoms with Crippen molar-refractivity contribution in [3.63, 3.8) is 0 Å². The maximum atomic E-state index is 11.3. The van der Waals surface area contributed by atoms with Crippen molar-refractivity contribution in [3.05, 3.63) is 0 Å². The highest BCUT2D eigenvalue weighted by atomic mass is 16.4. The third-order valence-electron chi connectivity index (χ3n) is 2.25. The molecule has 0 saturated carbocycles. The summed E-state index contributed by atoms with van der Waals surface area (Å²) < 4.78 is 0. The number of rotatable bonds is 8. The quantitative estimate of drug-likeness (QED) is 0.216. The van der Waals surface area contributed by atoms with Crippen LogP contribution in [-0.4, -0.2) is 91.9 Å². The van der Waals surface area contributed by atoms with Crippen LogP contribution in [0.3, 0.4) is 0 Å². The molecule has 5 atom stereocenters. The molecule has 1 amide bonds. The van der Waals surface area contributed by atoms with Crippen LogP contribution in [0.5, 0.6) is 0 Å². The molecule has 8 N–H and O–H groups in total. The van der Waals surface area contributed by atoms with E-state index in [9.17, 15) is 20.1 Å². The van der Waals surface area contributed by atoms with Gasteiger partial charge < -0.3 is 41.1 Å². The second-order valence-corrected chi connectivity index (χ2v) is 3.76. The van der Waals surface area contributed by atoms with Gasteiger partial charge in [0.25, 0.3) is 5.91 Å². The molecule has 0 aliphatic rings. The zero-order chi connectivity index (χ0) is 14.3. The summed E-state index contributed by atoms with van der Waals surface area (Å²) >= 11 is 0. The van der Waals surface area contributed by atoms with Crippen LogP contribution in [0, 0.1) is 0 Å². The molecule has 0 fully saturated rings. The van der Waals surface area contributed by atoms with Gasteiger partial charge in [-0.25, -0.2) is 0 Å². The third-order valence-corrected chi connectivity index (χ3v) is 2.25. The molecule has 0 aliphatic heterocycles. The molecule has 0 heterocycles. The number of hydrogen-bond acceptors (Lipinski definition) is 8. The Morgan fingerprint density at radius 2 is 1.50 bits per heavy atom. The Bertz CT molecular complexity index is 251. The molecule has 0 saturated heterocycles. The zero-order valence-corrected chi connectivity index (χ0v) is 9.55. The fourth-order valence-electron chi connectivity index (χ4n) is 1.06. The number of carbonyl (C=O) groups excluding carboxylic acids is 1. The predicted molar refractivity (Wildman–Crippen MR) is 57.2 cm³/mol. The number of amides is 1. The van der Waals surface area contributed by atoms with E-state index in [1.54, 1.807) is 0 Å². The molecule has 5 unspecified atom stereocenters. The van der Waals surface area contributed by atoms with Gasteiger partial charge in [-0.15, -0.1) is 0 Å². The molecule has 0 spiro atoms. The van der Waals surface area contributed by atoms with Crippen LogP contribution in [0.2, 0.25) is 0 Å². The van der Waals surface area contributed by atoms with Crippen LogP contribution in [-0.2, 0) is 4.79 Å². The van der Waals surface area contributed by atoms with Gasteiger partial charge in [-0.05, 0) is 0 Å². The normalized spacial score (nSPS) is 19.7. The highest BCUT2D eigenvalue weighted by Gasteiger charge is 2.34. The number of carbonyl (C=O) groups is 1. The van der Waals surface area contributed by atoms with Gasteiger partial charge in [0.2, 0.25) is 0 Å². The summed E-state index contributed by atoms with van der Waals surface area (Å²) in [5, 5.41) is 64.8. The Morgan fingerprint density at radius 1 is 0.944 bits per heavy atom. The van der Waals surface area contributed by atoms with Crippen LogP contribution < -0.4 is 5.32 Å². The SMILES string of the molecule is O=C(NCC(O)CO)C(O)C(O)C(O)C(O)CO. The van der Waals surface area contributed by atoms with Crippen LogP contribution in [0.4, 0.5) is 0 Å². The average molecular weight is 269 g/mol. The van der Waals surface area contributed by atoms with E-state index in [2.05, 4.69) is 0 Å². The molecule has 108 valence electrons. The van der Waals surface area contributed by atoms with E-state index < -0.39 is 49.6 Å². The summed E-state index contributed by atoms with van der Waals surface area (Å²) in [6.45, 7) is -1.79. The second-order valence-electron chi connectivity index (χ2n) is 3.76. The van der Waals surface area contributed by atoms with Gasteiger partial charge in [-0.1, -0.05) is 0 Å². The topological polar surface area (TPSA) is 171 Å². The number of aliphatic hydroxyl groups excluding tert-OH is 7. The van der Waals surface area contributed by atoms with Gasteiger partial charge in [-0.3, -0.25) is 4.79 Å². The number of aliphatic hydroxyl groups is 7. The molecule has 9 nitrogen and oxygen atoms in total. The first-order valence-corrected chi connectivity index (χ1v) is 5.24. The molecule has 0 rings (SSSR count). The highest BCUT2D eigenvalue weighted by molar-refractivity contribution is 5.81. The summed E-state index contributed by atoms with van der Waals surface area (Å²) in [6.07, 6.45) is -8.87. The van der Waals surface area contributed by atoms with Crippen molar-refractivity contribution >= 4 is 5.91 Å². The Kier molecular flexibility index (Phi) is 7.95. The largest absolute Gasteiger partial charge is 0.394 e. The molecule has 0 aromatic rings. The van der Waals surface area contributed by atoms with E-state index in [1.807, 2.05) is 5.32 Å². The number of hydrogen-bond donors (Lipinski definition) is 8. The van der Waals surface area contributed by atoms with Crippen molar-refractivity contribution in [1.82, 2.24) is 5.32 Å². The lowest BCUT2D eigenvalue weighted by Gasteiger charge is -2.25. The minimum atomic E-state index is -2.05. The summed E-state index contributed by atoms with van der Waals surface area (Å²) in [4.78, 5) is 11.3. The van der Waals surface area contributed by atoms with Crippen molar-refractivity contribution < 1.29 is 40.5 Å². The minimum Gasteiger partial charge on any atom is -0.394 e. The molecule has 9 heteroatoms. The van der Waals surface area contributed by atoms with E-state index in [1.165, 1.54) is 0 Å². The molecular weight excluding hydrogens is 250 g/mol. The van der Waals surface area contributed by atoms with Crippen LogP contribution in [0.1, 0.15) is 0 Å². The van der Waals surface area contributed by atoms with Crippen molar-refractivity contribution in [2.75, 3.05) is 19.8 Å². The second kappa shape index (κ2) is 8.32.